The molecule has 1 fully saturated rings. The van der Waals surface area contributed by atoms with E-state index in [1.165, 1.54) is 0 Å². The fourth-order valence-electron chi connectivity index (χ4n) is 2.72. The Morgan fingerprint density at radius 2 is 1.88 bits per heavy atom. The van der Waals surface area contributed by atoms with E-state index < -0.39 is 17.9 Å². The van der Waals surface area contributed by atoms with E-state index in [0.717, 1.165) is 25.7 Å². The Bertz CT molecular complexity index is 595. The summed E-state index contributed by atoms with van der Waals surface area (Å²) in [5.74, 6) is -0.792. The van der Waals surface area contributed by atoms with Gasteiger partial charge >= 0.3 is 5.97 Å². The van der Waals surface area contributed by atoms with Gasteiger partial charge in [-0.25, -0.2) is 0 Å². The van der Waals surface area contributed by atoms with Gasteiger partial charge in [0.2, 0.25) is 0 Å². The second-order valence-electron chi connectivity index (χ2n) is 6.28. The third kappa shape index (κ3) is 4.40. The summed E-state index contributed by atoms with van der Waals surface area (Å²) >= 11 is 0. The predicted molar refractivity (Wildman–Crippen MR) is 89.6 cm³/mol. The van der Waals surface area contributed by atoms with Crippen LogP contribution in [-0.2, 0) is 4.79 Å². The van der Waals surface area contributed by atoms with E-state index >= 15 is 0 Å². The van der Waals surface area contributed by atoms with Gasteiger partial charge in [-0.1, -0.05) is 0 Å². The Balaban J connectivity index is 2.11. The van der Waals surface area contributed by atoms with Crippen molar-refractivity contribution in [3.8, 4) is 11.5 Å². The van der Waals surface area contributed by atoms with E-state index in [1.807, 2.05) is 0 Å². The molecule has 0 heterocycles. The van der Waals surface area contributed by atoms with Gasteiger partial charge in [-0.3, -0.25) is 9.59 Å². The zero-order valence-electron chi connectivity index (χ0n) is 14.4. The SMILES string of the molecule is COc1ccc(C(=O)NC(C)C(C)C(=O)O)cc1OC1CCCC1. The van der Waals surface area contributed by atoms with E-state index in [1.54, 1.807) is 39.2 Å². The first-order valence-electron chi connectivity index (χ1n) is 8.30. The molecule has 0 aliphatic heterocycles. The average Bonchev–Trinajstić information content (AvgIpc) is 3.06. The Hall–Kier alpha value is -2.24. The lowest BCUT2D eigenvalue weighted by molar-refractivity contribution is -0.141. The molecule has 0 saturated heterocycles. The van der Waals surface area contributed by atoms with Crippen molar-refractivity contribution >= 4 is 11.9 Å². The van der Waals surface area contributed by atoms with Crippen molar-refractivity contribution < 1.29 is 24.2 Å². The van der Waals surface area contributed by atoms with Crippen LogP contribution in [0.2, 0.25) is 0 Å². The molecule has 6 heteroatoms. The largest absolute Gasteiger partial charge is 0.493 e. The van der Waals surface area contributed by atoms with E-state index in [9.17, 15) is 9.59 Å². The van der Waals surface area contributed by atoms with Crippen LogP contribution in [0.15, 0.2) is 18.2 Å². The standard InChI is InChI=1S/C18H25NO5/c1-11(18(21)22)12(2)19-17(20)13-8-9-15(23-3)16(10-13)24-14-6-4-5-7-14/h8-12,14H,4-7H2,1-3H3,(H,19,20)(H,21,22). The summed E-state index contributed by atoms with van der Waals surface area (Å²) in [5.41, 5.74) is 0.424. The molecule has 1 saturated carbocycles. The summed E-state index contributed by atoms with van der Waals surface area (Å²) in [4.78, 5) is 23.4. The van der Waals surface area contributed by atoms with Crippen molar-refractivity contribution in [2.24, 2.45) is 5.92 Å². The second kappa shape index (κ2) is 8.04. The highest BCUT2D eigenvalue weighted by molar-refractivity contribution is 5.95. The van der Waals surface area contributed by atoms with Crippen molar-refractivity contribution in [1.82, 2.24) is 5.32 Å². The maximum atomic E-state index is 12.4. The molecule has 0 bridgehead atoms. The number of hydrogen-bond acceptors (Lipinski definition) is 4. The van der Waals surface area contributed by atoms with Crippen LogP contribution in [0.25, 0.3) is 0 Å². The van der Waals surface area contributed by atoms with Gasteiger partial charge in [0, 0.05) is 11.6 Å². The van der Waals surface area contributed by atoms with E-state index in [0.29, 0.717) is 17.1 Å². The van der Waals surface area contributed by atoms with Crippen molar-refractivity contribution in [3.63, 3.8) is 0 Å². The van der Waals surface area contributed by atoms with Crippen LogP contribution in [0.4, 0.5) is 0 Å². The maximum absolute atomic E-state index is 12.4. The molecule has 1 amide bonds. The van der Waals surface area contributed by atoms with Crippen molar-refractivity contribution in [2.75, 3.05) is 7.11 Å². The number of rotatable bonds is 7. The summed E-state index contributed by atoms with van der Waals surface area (Å²) in [7, 11) is 1.56. The van der Waals surface area contributed by atoms with Crippen LogP contribution < -0.4 is 14.8 Å². The number of nitrogens with one attached hydrogen (secondary N) is 1. The lowest BCUT2D eigenvalue weighted by Crippen LogP contribution is -2.40. The number of aliphatic carboxylic acids is 1. The second-order valence-corrected chi connectivity index (χ2v) is 6.28. The topological polar surface area (TPSA) is 84.9 Å². The van der Waals surface area contributed by atoms with Gasteiger partial charge in [0.05, 0.1) is 19.1 Å². The lowest BCUT2D eigenvalue weighted by atomic mass is 10.0. The molecule has 0 spiro atoms. The van der Waals surface area contributed by atoms with Crippen molar-refractivity contribution in [3.05, 3.63) is 23.8 Å². The number of methoxy groups -OCH3 is 1. The minimum absolute atomic E-state index is 0.156. The molecule has 1 aromatic carbocycles. The number of hydrogen-bond donors (Lipinski definition) is 2. The normalized spacial score (nSPS) is 17.1. The molecule has 1 aromatic rings. The van der Waals surface area contributed by atoms with E-state index in [-0.39, 0.29) is 12.0 Å². The van der Waals surface area contributed by atoms with Crippen LogP contribution in [-0.4, -0.2) is 36.2 Å². The number of ether oxygens (including phenoxy) is 2. The minimum atomic E-state index is -0.942. The van der Waals surface area contributed by atoms with Crippen LogP contribution in [0.3, 0.4) is 0 Å². The molecule has 2 atom stereocenters. The Kier molecular flexibility index (Phi) is 6.06. The number of carboxylic acid groups (broad SMARTS) is 1. The molecule has 2 N–H and O–H groups in total. The molecule has 0 aromatic heterocycles. The molecular weight excluding hydrogens is 310 g/mol. The van der Waals surface area contributed by atoms with Crippen molar-refractivity contribution in [2.45, 2.75) is 51.7 Å². The van der Waals surface area contributed by atoms with Gasteiger partial charge < -0.3 is 19.9 Å². The summed E-state index contributed by atoms with van der Waals surface area (Å²) in [6, 6.07) is 4.53. The van der Waals surface area contributed by atoms with Gasteiger partial charge in [-0.2, -0.15) is 0 Å². The van der Waals surface area contributed by atoms with Crippen LogP contribution in [0.5, 0.6) is 11.5 Å². The number of carboxylic acids is 1. The monoisotopic (exact) mass is 335 g/mol. The van der Waals surface area contributed by atoms with Crippen LogP contribution in [0, 0.1) is 5.92 Å². The average molecular weight is 335 g/mol. The van der Waals surface area contributed by atoms with E-state index in [4.69, 9.17) is 14.6 Å². The highest BCUT2D eigenvalue weighted by atomic mass is 16.5. The minimum Gasteiger partial charge on any atom is -0.493 e. The predicted octanol–water partition coefficient (Wildman–Crippen LogP) is 2.86. The van der Waals surface area contributed by atoms with Crippen molar-refractivity contribution in [1.29, 1.82) is 0 Å². The molecule has 6 nitrogen and oxygen atoms in total. The lowest BCUT2D eigenvalue weighted by Gasteiger charge is -2.19. The molecule has 1 aliphatic carbocycles. The molecule has 24 heavy (non-hydrogen) atoms. The van der Waals surface area contributed by atoms with Crippen LogP contribution in [0.1, 0.15) is 49.9 Å². The quantitative estimate of drug-likeness (QED) is 0.800. The summed E-state index contributed by atoms with van der Waals surface area (Å²) in [5, 5.41) is 11.7. The molecule has 1 aliphatic rings. The highest BCUT2D eigenvalue weighted by Crippen LogP contribution is 2.32. The molecule has 2 rings (SSSR count). The van der Waals surface area contributed by atoms with E-state index in [2.05, 4.69) is 5.32 Å². The fourth-order valence-corrected chi connectivity index (χ4v) is 2.72. The zero-order chi connectivity index (χ0) is 17.7. The van der Waals surface area contributed by atoms with Gasteiger partial charge in [0.1, 0.15) is 0 Å². The summed E-state index contributed by atoms with van der Waals surface area (Å²) in [6.45, 7) is 3.24. The first kappa shape index (κ1) is 18.1. The van der Waals surface area contributed by atoms with Gasteiger partial charge in [-0.05, 0) is 57.7 Å². The third-order valence-electron chi connectivity index (χ3n) is 4.52. The first-order chi connectivity index (χ1) is 11.4. The Morgan fingerprint density at radius 3 is 2.46 bits per heavy atom. The number of carbonyl (C=O) groups is 2. The number of amides is 1. The first-order valence-corrected chi connectivity index (χ1v) is 8.30. The maximum Gasteiger partial charge on any atom is 0.308 e. The number of benzene rings is 1. The van der Waals surface area contributed by atoms with Crippen LogP contribution >= 0.6 is 0 Å². The molecule has 132 valence electrons. The molecule has 2 unspecified atom stereocenters. The summed E-state index contributed by atoms with van der Waals surface area (Å²) in [6.07, 6.45) is 4.47. The Morgan fingerprint density at radius 1 is 1.21 bits per heavy atom. The fraction of sp³-hybridized carbons (Fsp3) is 0.556. The summed E-state index contributed by atoms with van der Waals surface area (Å²) < 4.78 is 11.3. The smallest absolute Gasteiger partial charge is 0.308 e. The van der Waals surface area contributed by atoms with Gasteiger partial charge in [0.25, 0.3) is 5.91 Å². The zero-order valence-corrected chi connectivity index (χ0v) is 14.4. The highest BCUT2D eigenvalue weighted by Gasteiger charge is 2.23. The number of carbonyl (C=O) groups excluding carboxylic acids is 1. The molecule has 0 radical (unpaired) electrons. The third-order valence-corrected chi connectivity index (χ3v) is 4.52. The Labute approximate surface area is 142 Å². The molecular formula is C18H25NO5. The van der Waals surface area contributed by atoms with Gasteiger partial charge in [-0.15, -0.1) is 0 Å². The van der Waals surface area contributed by atoms with Gasteiger partial charge in [0.15, 0.2) is 11.5 Å².